The maximum atomic E-state index is 3.91. The molecule has 0 aromatic carbocycles. The average Bonchev–Trinajstić information content (AvgIpc) is 2.35. The van der Waals surface area contributed by atoms with Crippen LogP contribution in [0.3, 0.4) is 0 Å². The van der Waals surface area contributed by atoms with Gasteiger partial charge in [-0.25, -0.2) is 0 Å². The number of hydrogen-bond donors (Lipinski definition) is 0. The maximum absolute atomic E-state index is 3.91. The highest BCUT2D eigenvalue weighted by Crippen LogP contribution is 2.18. The lowest BCUT2D eigenvalue weighted by atomic mass is 10.8. The topological polar surface area (TPSA) is 34.6 Å². The number of nitrogens with zero attached hydrogens (tertiary/aromatic N) is 4. The number of aryl methyl sites for hydroxylation is 2. The molecule has 4 nitrogen and oxygen atoms in total. The van der Waals surface area contributed by atoms with Crippen molar-refractivity contribution in [2.24, 2.45) is 7.05 Å². The van der Waals surface area contributed by atoms with Gasteiger partial charge in [-0.3, -0.25) is 0 Å². The largest absolute Gasteiger partial charge is 0.317 e. The zero-order chi connectivity index (χ0) is 6.27. The molecule has 0 aliphatic carbocycles. The molecule has 0 saturated carbocycles. The molecule has 48 valence electrons. The molecule has 0 atom stereocenters. The molecule has 2 rings (SSSR count). The second-order valence-corrected chi connectivity index (χ2v) is 3.02. The van der Waals surface area contributed by atoms with Crippen LogP contribution in [0.5, 0.6) is 0 Å². The Morgan fingerprint density at radius 2 is 2.67 bits per heavy atom. The van der Waals surface area contributed by atoms with Crippen molar-refractivity contribution in [2.45, 2.75) is 11.7 Å². The van der Waals surface area contributed by atoms with Crippen LogP contribution in [0.25, 0.3) is 0 Å². The van der Waals surface area contributed by atoms with E-state index in [-0.39, 0.29) is 0 Å². The Balaban J connectivity index is 2.56. The fraction of sp³-hybridized carbons (Fsp3) is 0.750. The minimum Gasteiger partial charge on any atom is -0.131 e. The molecule has 1 aliphatic rings. The summed E-state index contributed by atoms with van der Waals surface area (Å²) in [5.41, 5.74) is 0. The molecule has 5 heteroatoms. The van der Waals surface area contributed by atoms with Gasteiger partial charge < -0.3 is 0 Å². The second-order valence-electron chi connectivity index (χ2n) is 1.96. The predicted molar refractivity (Wildman–Crippen MR) is 31.9 cm³/mol. The highest BCUT2D eigenvalue weighted by atomic mass is 32.2. The Labute approximate surface area is 56.8 Å². The Morgan fingerprint density at radius 1 is 1.78 bits per heavy atom. The van der Waals surface area contributed by atoms with Gasteiger partial charge in [-0.1, -0.05) is 4.68 Å². The van der Waals surface area contributed by atoms with E-state index in [4.69, 9.17) is 0 Å². The molecular formula is C4H7N4S+. The maximum Gasteiger partial charge on any atom is 0.317 e. The number of hydrogen-bond acceptors (Lipinski definition) is 3. The van der Waals surface area contributed by atoms with Gasteiger partial charge in [-0.05, 0) is 11.8 Å². The van der Waals surface area contributed by atoms with Crippen LogP contribution in [0.2, 0.25) is 0 Å². The smallest absolute Gasteiger partial charge is 0.131 e. The summed E-state index contributed by atoms with van der Waals surface area (Å²) in [5, 5.41) is 8.91. The number of thioether (sulfide) groups is 1. The molecule has 0 radical (unpaired) electrons. The quantitative estimate of drug-likeness (QED) is 0.446. The number of tetrazole rings is 1. The van der Waals surface area contributed by atoms with E-state index in [1.807, 2.05) is 11.7 Å². The van der Waals surface area contributed by atoms with Crippen molar-refractivity contribution in [2.75, 3.05) is 5.75 Å². The zero-order valence-electron chi connectivity index (χ0n) is 5.11. The first-order valence-electron chi connectivity index (χ1n) is 2.80. The molecule has 0 saturated heterocycles. The molecule has 0 amide bonds. The van der Waals surface area contributed by atoms with Gasteiger partial charge in [-0.2, -0.15) is 0 Å². The lowest BCUT2D eigenvalue weighted by Gasteiger charge is -1.78. The molecule has 0 spiro atoms. The normalized spacial score (nSPS) is 16.1. The highest BCUT2D eigenvalue weighted by Gasteiger charge is 2.23. The average molecular weight is 143 g/mol. The van der Waals surface area contributed by atoms with Gasteiger partial charge in [-0.15, -0.1) is 4.68 Å². The minimum atomic E-state index is 1.01. The number of fused-ring (bicyclic) bond motifs is 1. The first-order valence-corrected chi connectivity index (χ1v) is 3.79. The van der Waals surface area contributed by atoms with Crippen molar-refractivity contribution >= 4 is 11.8 Å². The summed E-state index contributed by atoms with van der Waals surface area (Å²) >= 11 is 1.80. The Bertz CT molecular complexity index is 230. The van der Waals surface area contributed by atoms with Crippen LogP contribution in [0.1, 0.15) is 0 Å². The van der Waals surface area contributed by atoms with Gasteiger partial charge in [0.2, 0.25) is 0 Å². The van der Waals surface area contributed by atoms with Gasteiger partial charge in [0.05, 0.1) is 7.05 Å². The van der Waals surface area contributed by atoms with Crippen LogP contribution in [0.15, 0.2) is 5.16 Å². The Hall–Kier alpha value is -0.580. The van der Waals surface area contributed by atoms with E-state index in [0.29, 0.717) is 0 Å². The van der Waals surface area contributed by atoms with Crippen LogP contribution in [0.4, 0.5) is 0 Å². The summed E-state index contributed by atoms with van der Waals surface area (Å²) < 4.78 is 3.72. The Kier molecular flexibility index (Phi) is 0.986. The van der Waals surface area contributed by atoms with Crippen molar-refractivity contribution in [1.82, 2.24) is 15.1 Å². The summed E-state index contributed by atoms with van der Waals surface area (Å²) in [6.07, 6.45) is 0. The third-order valence-electron chi connectivity index (χ3n) is 1.31. The molecule has 9 heavy (non-hydrogen) atoms. The van der Waals surface area contributed by atoms with E-state index in [1.165, 1.54) is 0 Å². The molecule has 0 unspecified atom stereocenters. The minimum absolute atomic E-state index is 1.01. The molecular weight excluding hydrogens is 136 g/mol. The molecule has 0 fully saturated rings. The van der Waals surface area contributed by atoms with Gasteiger partial charge in [0.1, 0.15) is 11.8 Å². The molecule has 1 aliphatic heterocycles. The van der Waals surface area contributed by atoms with Crippen molar-refractivity contribution in [3.63, 3.8) is 0 Å². The van der Waals surface area contributed by atoms with Crippen molar-refractivity contribution in [1.29, 1.82) is 0 Å². The van der Waals surface area contributed by atoms with Crippen LogP contribution in [0, 0.1) is 0 Å². The van der Waals surface area contributed by atoms with E-state index in [9.17, 15) is 0 Å². The molecule has 0 N–H and O–H groups in total. The van der Waals surface area contributed by atoms with Crippen molar-refractivity contribution in [3.05, 3.63) is 0 Å². The third kappa shape index (κ3) is 0.642. The third-order valence-corrected chi connectivity index (χ3v) is 2.43. The van der Waals surface area contributed by atoms with Crippen LogP contribution in [-0.4, -0.2) is 20.9 Å². The number of rotatable bonds is 0. The van der Waals surface area contributed by atoms with Crippen LogP contribution in [-0.2, 0) is 13.6 Å². The van der Waals surface area contributed by atoms with E-state index in [1.54, 1.807) is 16.4 Å². The summed E-state index contributed by atoms with van der Waals surface area (Å²) in [6.45, 7) is 1.01. The van der Waals surface area contributed by atoms with Crippen molar-refractivity contribution in [3.8, 4) is 0 Å². The Morgan fingerprint density at radius 3 is 3.44 bits per heavy atom. The molecule has 1 aromatic heterocycles. The van der Waals surface area contributed by atoms with E-state index < -0.39 is 0 Å². The van der Waals surface area contributed by atoms with Gasteiger partial charge >= 0.3 is 5.16 Å². The van der Waals surface area contributed by atoms with Crippen LogP contribution < -0.4 is 4.68 Å². The molecule has 1 aromatic rings. The first-order chi connectivity index (χ1) is 4.38. The van der Waals surface area contributed by atoms with Gasteiger partial charge in [0, 0.05) is 5.75 Å². The van der Waals surface area contributed by atoms with Crippen molar-refractivity contribution < 1.29 is 4.68 Å². The van der Waals surface area contributed by atoms with Crippen LogP contribution >= 0.6 is 11.8 Å². The SMILES string of the molecule is C[n+]1nnn2c1SCC2. The van der Waals surface area contributed by atoms with E-state index >= 15 is 0 Å². The predicted octanol–water partition coefficient (Wildman–Crippen LogP) is -0.792. The summed E-state index contributed by atoms with van der Waals surface area (Å²) in [4.78, 5) is 0. The van der Waals surface area contributed by atoms with E-state index in [2.05, 4.69) is 10.4 Å². The summed E-state index contributed by atoms with van der Waals surface area (Å²) in [7, 11) is 1.91. The van der Waals surface area contributed by atoms with Gasteiger partial charge in [0.15, 0.2) is 5.21 Å². The molecule has 0 bridgehead atoms. The highest BCUT2D eigenvalue weighted by molar-refractivity contribution is 7.99. The fourth-order valence-electron chi connectivity index (χ4n) is 0.884. The second kappa shape index (κ2) is 1.70. The molecule has 2 heterocycles. The standard InChI is InChI=1S/C4H7N4S/c1-7-4-8(6-5-7)2-3-9-4/h2-3H2,1H3/q+1. The van der Waals surface area contributed by atoms with E-state index in [0.717, 1.165) is 17.5 Å². The first kappa shape index (κ1) is 5.22. The lowest BCUT2D eigenvalue weighted by molar-refractivity contribution is -0.766. The fourth-order valence-corrected chi connectivity index (χ4v) is 1.83. The lowest BCUT2D eigenvalue weighted by Crippen LogP contribution is -2.32. The zero-order valence-corrected chi connectivity index (χ0v) is 5.93. The van der Waals surface area contributed by atoms with Gasteiger partial charge in [0.25, 0.3) is 0 Å². The summed E-state index contributed by atoms with van der Waals surface area (Å²) in [5.74, 6) is 1.14. The summed E-state index contributed by atoms with van der Waals surface area (Å²) in [6, 6.07) is 0. The number of aromatic nitrogens is 4. The monoisotopic (exact) mass is 143 g/mol.